The number of para-hydroxylation sites is 2. The molecule has 0 spiro atoms. The van der Waals surface area contributed by atoms with Crippen molar-refractivity contribution in [1.29, 1.82) is 0 Å². The summed E-state index contributed by atoms with van der Waals surface area (Å²) in [6.45, 7) is -1.92. The van der Waals surface area contributed by atoms with Gasteiger partial charge in [-0.2, -0.15) is 13.2 Å². The Morgan fingerprint density at radius 1 is 1.16 bits per heavy atom. The van der Waals surface area contributed by atoms with Crippen molar-refractivity contribution >= 4 is 11.9 Å². The zero-order valence-corrected chi connectivity index (χ0v) is 13.3. The average molecular weight is 361 g/mol. The van der Waals surface area contributed by atoms with Gasteiger partial charge >= 0.3 is 12.1 Å². The lowest BCUT2D eigenvalue weighted by Gasteiger charge is -2.41. The number of carboxylic acids is 1. The zero-order valence-electron chi connectivity index (χ0n) is 13.3. The number of hydrogen-bond donors (Lipinski definition) is 2. The number of ether oxygens (including phenoxy) is 2. The Morgan fingerprint density at radius 2 is 1.76 bits per heavy atom. The molecular formula is C16H18F3NO5. The molecule has 0 unspecified atom stereocenters. The van der Waals surface area contributed by atoms with E-state index in [4.69, 9.17) is 9.84 Å². The summed E-state index contributed by atoms with van der Waals surface area (Å²) in [5.41, 5.74) is -0.765. The second-order valence-electron chi connectivity index (χ2n) is 5.89. The van der Waals surface area contributed by atoms with Gasteiger partial charge in [-0.3, -0.25) is 9.59 Å². The van der Waals surface area contributed by atoms with E-state index in [2.05, 4.69) is 10.1 Å². The van der Waals surface area contributed by atoms with Crippen molar-refractivity contribution in [2.45, 2.75) is 37.4 Å². The van der Waals surface area contributed by atoms with Crippen LogP contribution in [-0.2, 0) is 9.59 Å². The molecule has 2 rings (SSSR count). The van der Waals surface area contributed by atoms with Crippen molar-refractivity contribution in [2.75, 3.05) is 13.2 Å². The number of nitrogens with one attached hydrogen (secondary N) is 1. The van der Waals surface area contributed by atoms with E-state index in [1.165, 1.54) is 24.3 Å². The topological polar surface area (TPSA) is 84.9 Å². The second-order valence-corrected chi connectivity index (χ2v) is 5.89. The van der Waals surface area contributed by atoms with Crippen LogP contribution in [0.3, 0.4) is 0 Å². The number of carbonyl (C=O) groups is 2. The maximum atomic E-state index is 12.2. The number of carboxylic acid groups (broad SMARTS) is 1. The van der Waals surface area contributed by atoms with Crippen LogP contribution in [0.5, 0.6) is 11.5 Å². The normalized spacial score (nSPS) is 15.8. The Kier molecular flexibility index (Phi) is 5.76. The quantitative estimate of drug-likeness (QED) is 0.743. The summed E-state index contributed by atoms with van der Waals surface area (Å²) in [5.74, 6) is -1.67. The lowest BCUT2D eigenvalue weighted by Crippen LogP contribution is -2.55. The SMILES string of the molecule is O=C(O)CC1(NC(=O)COc2ccccc2OCC(F)(F)F)CCC1. The van der Waals surface area contributed by atoms with E-state index in [0.29, 0.717) is 12.8 Å². The van der Waals surface area contributed by atoms with Gasteiger partial charge in [-0.25, -0.2) is 0 Å². The fourth-order valence-electron chi connectivity index (χ4n) is 2.56. The Morgan fingerprint density at radius 3 is 2.24 bits per heavy atom. The lowest BCUT2D eigenvalue weighted by molar-refractivity contribution is -0.153. The molecule has 1 aromatic carbocycles. The predicted octanol–water partition coefficient (Wildman–Crippen LogP) is 2.52. The Balaban J connectivity index is 1.90. The summed E-state index contributed by atoms with van der Waals surface area (Å²) in [6.07, 6.45) is -2.71. The van der Waals surface area contributed by atoms with Gasteiger partial charge in [-0.05, 0) is 31.4 Å². The van der Waals surface area contributed by atoms with Gasteiger partial charge in [-0.15, -0.1) is 0 Å². The molecule has 1 amide bonds. The lowest BCUT2D eigenvalue weighted by atomic mass is 9.74. The Bertz CT molecular complexity index is 628. The fraction of sp³-hybridized carbons (Fsp3) is 0.500. The molecule has 0 bridgehead atoms. The van der Waals surface area contributed by atoms with E-state index in [-0.39, 0.29) is 17.9 Å². The van der Waals surface area contributed by atoms with Gasteiger partial charge in [0, 0.05) is 0 Å². The smallest absolute Gasteiger partial charge is 0.422 e. The molecule has 138 valence electrons. The molecule has 0 heterocycles. The van der Waals surface area contributed by atoms with E-state index >= 15 is 0 Å². The summed E-state index contributed by atoms with van der Waals surface area (Å²) in [6, 6.07) is 5.70. The minimum absolute atomic E-state index is 0.00259. The molecule has 6 nitrogen and oxygen atoms in total. The largest absolute Gasteiger partial charge is 0.481 e. The summed E-state index contributed by atoms with van der Waals surface area (Å²) in [5, 5.41) is 11.5. The maximum absolute atomic E-state index is 12.2. The highest BCUT2D eigenvalue weighted by molar-refractivity contribution is 5.80. The predicted molar refractivity (Wildman–Crippen MR) is 80.5 cm³/mol. The third-order valence-corrected chi connectivity index (χ3v) is 3.80. The third-order valence-electron chi connectivity index (χ3n) is 3.80. The summed E-state index contributed by atoms with van der Waals surface area (Å²) >= 11 is 0. The van der Waals surface area contributed by atoms with Crippen LogP contribution in [-0.4, -0.2) is 41.9 Å². The van der Waals surface area contributed by atoms with Gasteiger partial charge in [0.2, 0.25) is 0 Å². The number of amides is 1. The van der Waals surface area contributed by atoms with Gasteiger partial charge in [-0.1, -0.05) is 12.1 Å². The van der Waals surface area contributed by atoms with Crippen LogP contribution < -0.4 is 14.8 Å². The van der Waals surface area contributed by atoms with E-state index in [9.17, 15) is 22.8 Å². The maximum Gasteiger partial charge on any atom is 0.422 e. The first kappa shape index (κ1) is 18.9. The highest BCUT2D eigenvalue weighted by Gasteiger charge is 2.40. The van der Waals surface area contributed by atoms with Gasteiger partial charge in [0.25, 0.3) is 5.91 Å². The van der Waals surface area contributed by atoms with Crippen molar-refractivity contribution in [3.8, 4) is 11.5 Å². The zero-order chi connectivity index (χ0) is 18.5. The number of hydrogen-bond acceptors (Lipinski definition) is 4. The second kappa shape index (κ2) is 7.62. The molecule has 1 saturated carbocycles. The molecule has 1 aliphatic rings. The van der Waals surface area contributed by atoms with Crippen LogP contribution in [0.25, 0.3) is 0 Å². The highest BCUT2D eigenvalue weighted by atomic mass is 19.4. The Hall–Kier alpha value is -2.45. The van der Waals surface area contributed by atoms with Crippen LogP contribution in [0.15, 0.2) is 24.3 Å². The summed E-state index contributed by atoms with van der Waals surface area (Å²) in [7, 11) is 0. The first-order chi connectivity index (χ1) is 11.7. The average Bonchev–Trinajstić information content (AvgIpc) is 2.48. The molecule has 1 aliphatic carbocycles. The number of rotatable bonds is 8. The number of benzene rings is 1. The molecular weight excluding hydrogens is 343 g/mol. The number of carbonyl (C=O) groups excluding carboxylic acids is 1. The minimum atomic E-state index is -4.49. The first-order valence-electron chi connectivity index (χ1n) is 7.63. The summed E-state index contributed by atoms with van der Waals surface area (Å²) in [4.78, 5) is 22.9. The standard InChI is InChI=1S/C16H18F3NO5/c17-16(18,19)10-25-12-5-2-1-4-11(12)24-9-13(21)20-15(6-3-7-15)8-14(22)23/h1-2,4-5H,3,6-10H2,(H,20,21)(H,22,23). The molecule has 0 saturated heterocycles. The number of aliphatic carboxylic acids is 1. The molecule has 1 aromatic rings. The van der Waals surface area contributed by atoms with Gasteiger partial charge in [0.05, 0.1) is 12.0 Å². The first-order valence-corrected chi connectivity index (χ1v) is 7.63. The van der Waals surface area contributed by atoms with Gasteiger partial charge < -0.3 is 19.9 Å². The van der Waals surface area contributed by atoms with Crippen molar-refractivity contribution in [2.24, 2.45) is 0 Å². The van der Waals surface area contributed by atoms with E-state index in [1.807, 2.05) is 0 Å². The molecule has 0 aliphatic heterocycles. The monoisotopic (exact) mass is 361 g/mol. The van der Waals surface area contributed by atoms with E-state index in [1.54, 1.807) is 0 Å². The minimum Gasteiger partial charge on any atom is -0.481 e. The molecule has 0 aromatic heterocycles. The van der Waals surface area contributed by atoms with Gasteiger partial charge in [0.15, 0.2) is 24.7 Å². The molecule has 0 radical (unpaired) electrons. The van der Waals surface area contributed by atoms with Crippen LogP contribution in [0.2, 0.25) is 0 Å². The van der Waals surface area contributed by atoms with Gasteiger partial charge in [0.1, 0.15) is 0 Å². The fourth-order valence-corrected chi connectivity index (χ4v) is 2.56. The van der Waals surface area contributed by atoms with Crippen LogP contribution in [0.1, 0.15) is 25.7 Å². The molecule has 25 heavy (non-hydrogen) atoms. The van der Waals surface area contributed by atoms with Crippen molar-refractivity contribution in [3.63, 3.8) is 0 Å². The summed E-state index contributed by atoms with van der Waals surface area (Å²) < 4.78 is 46.6. The number of alkyl halides is 3. The molecule has 0 atom stereocenters. The Labute approximate surface area is 141 Å². The van der Waals surface area contributed by atoms with Crippen LogP contribution in [0.4, 0.5) is 13.2 Å². The van der Waals surface area contributed by atoms with Crippen molar-refractivity contribution in [1.82, 2.24) is 5.32 Å². The molecule has 2 N–H and O–H groups in total. The van der Waals surface area contributed by atoms with Crippen LogP contribution in [0, 0.1) is 0 Å². The van der Waals surface area contributed by atoms with Crippen LogP contribution >= 0.6 is 0 Å². The van der Waals surface area contributed by atoms with Crippen molar-refractivity contribution in [3.05, 3.63) is 24.3 Å². The number of halogens is 3. The van der Waals surface area contributed by atoms with E-state index < -0.39 is 36.8 Å². The molecule has 1 fully saturated rings. The molecule has 9 heteroatoms. The highest BCUT2D eigenvalue weighted by Crippen LogP contribution is 2.35. The third kappa shape index (κ3) is 5.84. The van der Waals surface area contributed by atoms with Crippen molar-refractivity contribution < 1.29 is 37.3 Å². The van der Waals surface area contributed by atoms with E-state index in [0.717, 1.165) is 6.42 Å².